The van der Waals surface area contributed by atoms with Crippen molar-refractivity contribution in [2.75, 3.05) is 38.5 Å². The fourth-order valence-corrected chi connectivity index (χ4v) is 5.97. The number of nitrogens with zero attached hydrogens (tertiary/aromatic N) is 4. The number of rotatable bonds is 4. The van der Waals surface area contributed by atoms with Crippen molar-refractivity contribution in [2.45, 2.75) is 25.4 Å². The quantitative estimate of drug-likeness (QED) is 0.469. The molecule has 192 valence electrons. The molecular weight excluding hydrogens is 495 g/mol. The van der Waals surface area contributed by atoms with Crippen LogP contribution in [0.5, 0.6) is 11.5 Å². The number of carbonyl (C=O) groups is 1. The molecule has 6 rings (SSSR count). The van der Waals surface area contributed by atoms with Gasteiger partial charge in [0.1, 0.15) is 17.2 Å². The average molecular weight is 523 g/mol. The number of fused-ring (bicyclic) bond motifs is 3. The van der Waals surface area contributed by atoms with Gasteiger partial charge in [-0.3, -0.25) is 9.80 Å². The van der Waals surface area contributed by atoms with E-state index in [0.29, 0.717) is 48.1 Å². The zero-order chi connectivity index (χ0) is 25.7. The third-order valence-corrected chi connectivity index (χ3v) is 7.88. The SMILES string of the molecule is COc1cc2c(cc1-c1cccnc1F)C1C(CO2)C(C(=O)N2CCOCC2(C)C)=NN1c1ccsc1. The van der Waals surface area contributed by atoms with E-state index in [1.165, 1.54) is 6.20 Å². The molecule has 2 unspecified atom stereocenters. The number of ether oxygens (including phenoxy) is 3. The van der Waals surface area contributed by atoms with Gasteiger partial charge in [-0.1, -0.05) is 0 Å². The lowest BCUT2D eigenvalue weighted by Gasteiger charge is -2.42. The second-order valence-corrected chi connectivity index (χ2v) is 10.7. The van der Waals surface area contributed by atoms with Crippen LogP contribution in [0.25, 0.3) is 11.1 Å². The molecular formula is C27H27FN4O4S. The summed E-state index contributed by atoms with van der Waals surface area (Å²) in [7, 11) is 1.54. The van der Waals surface area contributed by atoms with Gasteiger partial charge in [0.15, 0.2) is 0 Å². The molecule has 1 amide bonds. The van der Waals surface area contributed by atoms with Gasteiger partial charge in [0.05, 0.1) is 50.1 Å². The summed E-state index contributed by atoms with van der Waals surface area (Å²) in [5, 5.41) is 10.8. The summed E-state index contributed by atoms with van der Waals surface area (Å²) in [6.45, 7) is 5.75. The molecule has 2 aromatic heterocycles. The number of morpholine rings is 1. The zero-order valence-electron chi connectivity index (χ0n) is 20.8. The molecule has 0 N–H and O–H groups in total. The molecule has 1 aromatic carbocycles. The Morgan fingerprint density at radius 2 is 2.14 bits per heavy atom. The second-order valence-electron chi connectivity index (χ2n) is 9.93. The van der Waals surface area contributed by atoms with Crippen molar-refractivity contribution in [3.63, 3.8) is 0 Å². The summed E-state index contributed by atoms with van der Waals surface area (Å²) in [6, 6.07) is 8.71. The second kappa shape index (κ2) is 9.11. The van der Waals surface area contributed by atoms with E-state index in [1.807, 2.05) is 46.6 Å². The Labute approximate surface area is 218 Å². The maximum Gasteiger partial charge on any atom is 0.271 e. The van der Waals surface area contributed by atoms with Crippen LogP contribution >= 0.6 is 11.3 Å². The number of carbonyl (C=O) groups excluding carboxylic acids is 1. The van der Waals surface area contributed by atoms with Crippen molar-refractivity contribution in [3.05, 3.63) is 58.8 Å². The molecule has 3 aliphatic rings. The Hall–Kier alpha value is -3.50. The summed E-state index contributed by atoms with van der Waals surface area (Å²) in [5.74, 6) is 0.105. The Kier molecular flexibility index (Phi) is 5.88. The first-order valence-electron chi connectivity index (χ1n) is 12.1. The van der Waals surface area contributed by atoms with E-state index in [0.717, 1.165) is 11.3 Å². The van der Waals surface area contributed by atoms with Crippen LogP contribution in [0, 0.1) is 11.9 Å². The number of amides is 1. The predicted octanol–water partition coefficient (Wildman–Crippen LogP) is 4.52. The lowest BCUT2D eigenvalue weighted by Crippen LogP contribution is -2.58. The first-order valence-corrected chi connectivity index (χ1v) is 13.1. The molecule has 1 fully saturated rings. The molecule has 8 nitrogen and oxygen atoms in total. The van der Waals surface area contributed by atoms with Gasteiger partial charge < -0.3 is 19.1 Å². The summed E-state index contributed by atoms with van der Waals surface area (Å²) >= 11 is 1.56. The van der Waals surface area contributed by atoms with E-state index >= 15 is 0 Å². The smallest absolute Gasteiger partial charge is 0.271 e. The molecule has 37 heavy (non-hydrogen) atoms. The first kappa shape index (κ1) is 23.9. The van der Waals surface area contributed by atoms with Gasteiger partial charge in [-0.25, -0.2) is 4.98 Å². The lowest BCUT2D eigenvalue weighted by molar-refractivity contribution is -0.139. The van der Waals surface area contributed by atoms with Crippen LogP contribution in [0.3, 0.4) is 0 Å². The molecule has 2 atom stereocenters. The standard InChI is InChI=1S/C27H27FN4O4S/c1-27(2)15-35-9-8-31(27)26(33)23-20-13-36-22-12-21(34-3)18(17-5-4-7-29-25(17)28)11-19(22)24(20)32(30-23)16-6-10-37-14-16/h4-7,10-12,14,20,24H,8-9,13,15H2,1-3H3. The number of pyridine rings is 1. The fourth-order valence-electron chi connectivity index (χ4n) is 5.35. The van der Waals surface area contributed by atoms with Crippen molar-refractivity contribution in [1.29, 1.82) is 0 Å². The topological polar surface area (TPSA) is 76.5 Å². The van der Waals surface area contributed by atoms with Crippen LogP contribution in [0.2, 0.25) is 0 Å². The van der Waals surface area contributed by atoms with Gasteiger partial charge >= 0.3 is 0 Å². The van der Waals surface area contributed by atoms with E-state index in [9.17, 15) is 9.18 Å². The Morgan fingerprint density at radius 1 is 1.27 bits per heavy atom. The monoisotopic (exact) mass is 522 g/mol. The summed E-state index contributed by atoms with van der Waals surface area (Å²) < 4.78 is 32.2. The maximum absolute atomic E-state index is 14.7. The highest BCUT2D eigenvalue weighted by molar-refractivity contribution is 7.08. The number of hydrazone groups is 1. The number of methoxy groups -OCH3 is 1. The lowest BCUT2D eigenvalue weighted by atomic mass is 9.85. The highest BCUT2D eigenvalue weighted by Crippen LogP contribution is 2.49. The van der Waals surface area contributed by atoms with Crippen LogP contribution in [-0.2, 0) is 9.53 Å². The maximum atomic E-state index is 14.7. The van der Waals surface area contributed by atoms with Crippen LogP contribution in [0.1, 0.15) is 25.5 Å². The van der Waals surface area contributed by atoms with E-state index in [-0.39, 0.29) is 24.5 Å². The summed E-state index contributed by atoms with van der Waals surface area (Å²) in [6.07, 6.45) is 1.41. The molecule has 3 aromatic rings. The van der Waals surface area contributed by atoms with Crippen LogP contribution < -0.4 is 14.5 Å². The van der Waals surface area contributed by atoms with Gasteiger partial charge in [-0.15, -0.1) is 0 Å². The molecule has 1 saturated heterocycles. The molecule has 5 heterocycles. The molecule has 0 bridgehead atoms. The van der Waals surface area contributed by atoms with E-state index in [1.54, 1.807) is 36.6 Å². The van der Waals surface area contributed by atoms with Gasteiger partial charge in [0.2, 0.25) is 5.95 Å². The largest absolute Gasteiger partial charge is 0.496 e. The van der Waals surface area contributed by atoms with E-state index < -0.39 is 11.5 Å². The van der Waals surface area contributed by atoms with Gasteiger partial charge in [-0.05, 0) is 43.5 Å². The minimum absolute atomic E-state index is 0.111. The minimum Gasteiger partial charge on any atom is -0.496 e. The minimum atomic E-state index is -0.586. The normalized spacial score (nSPS) is 22.1. The van der Waals surface area contributed by atoms with Gasteiger partial charge in [-0.2, -0.15) is 20.8 Å². The zero-order valence-corrected chi connectivity index (χ0v) is 21.6. The Balaban J connectivity index is 1.46. The van der Waals surface area contributed by atoms with Crippen molar-refractivity contribution < 1.29 is 23.4 Å². The van der Waals surface area contributed by atoms with Crippen molar-refractivity contribution in [2.24, 2.45) is 11.0 Å². The Morgan fingerprint density at radius 3 is 2.86 bits per heavy atom. The fraction of sp³-hybridized carbons (Fsp3) is 0.370. The van der Waals surface area contributed by atoms with Crippen LogP contribution in [0.4, 0.5) is 10.1 Å². The van der Waals surface area contributed by atoms with Crippen molar-refractivity contribution in [3.8, 4) is 22.6 Å². The predicted molar refractivity (Wildman–Crippen MR) is 139 cm³/mol. The molecule has 0 aliphatic carbocycles. The first-order chi connectivity index (χ1) is 17.9. The number of aromatic nitrogens is 1. The Bertz CT molecular complexity index is 1380. The number of hydrogen-bond donors (Lipinski definition) is 0. The van der Waals surface area contributed by atoms with Crippen LogP contribution in [-0.4, -0.2) is 60.5 Å². The third-order valence-electron chi connectivity index (χ3n) is 7.21. The number of anilines is 1. The van der Waals surface area contributed by atoms with E-state index in [4.69, 9.17) is 19.3 Å². The highest BCUT2D eigenvalue weighted by Gasteiger charge is 2.49. The summed E-state index contributed by atoms with van der Waals surface area (Å²) in [4.78, 5) is 19.6. The average Bonchev–Trinajstić information content (AvgIpc) is 3.56. The molecule has 10 heteroatoms. The molecule has 3 aliphatic heterocycles. The number of benzene rings is 1. The van der Waals surface area contributed by atoms with Crippen molar-refractivity contribution in [1.82, 2.24) is 9.88 Å². The van der Waals surface area contributed by atoms with Gasteiger partial charge in [0, 0.05) is 40.9 Å². The third kappa shape index (κ3) is 3.95. The molecule has 0 radical (unpaired) electrons. The van der Waals surface area contributed by atoms with Crippen LogP contribution in [0.15, 0.2) is 52.4 Å². The number of hydrogen-bond acceptors (Lipinski definition) is 8. The molecule has 0 saturated carbocycles. The molecule has 0 spiro atoms. The number of halogens is 1. The number of thiophene rings is 1. The summed E-state index contributed by atoms with van der Waals surface area (Å²) in [5.41, 5.74) is 2.61. The van der Waals surface area contributed by atoms with E-state index in [2.05, 4.69) is 4.98 Å². The van der Waals surface area contributed by atoms with Gasteiger partial charge in [0.25, 0.3) is 5.91 Å². The van der Waals surface area contributed by atoms with Crippen molar-refractivity contribution >= 4 is 28.6 Å². The highest BCUT2D eigenvalue weighted by atomic mass is 32.1.